The Hall–Kier alpha value is -0.480. The number of hydrogen-bond donors (Lipinski definition) is 1. The molecule has 0 radical (unpaired) electrons. The van der Waals surface area contributed by atoms with E-state index < -0.39 is 0 Å². The van der Waals surface area contributed by atoms with Gasteiger partial charge in [-0.15, -0.1) is 11.8 Å². The molecule has 1 heterocycles. The Bertz CT molecular complexity index is 367. The van der Waals surface area contributed by atoms with Crippen molar-refractivity contribution in [2.24, 2.45) is 0 Å². The summed E-state index contributed by atoms with van der Waals surface area (Å²) in [6.45, 7) is 0. The zero-order valence-corrected chi connectivity index (χ0v) is 9.41. The lowest BCUT2D eigenvalue weighted by atomic mass is 10.1. The second kappa shape index (κ2) is 3.35. The van der Waals surface area contributed by atoms with Crippen molar-refractivity contribution >= 4 is 39.2 Å². The topological polar surface area (TPSA) is 29.1 Å². The van der Waals surface area contributed by atoms with Crippen LogP contribution in [0.5, 0.6) is 0 Å². The molecule has 0 saturated heterocycles. The van der Waals surface area contributed by atoms with Crippen LogP contribution < -0.4 is 5.32 Å². The van der Waals surface area contributed by atoms with E-state index in [9.17, 15) is 4.79 Å². The molecule has 1 aliphatic heterocycles. The molecule has 13 heavy (non-hydrogen) atoms. The van der Waals surface area contributed by atoms with Gasteiger partial charge < -0.3 is 5.32 Å². The summed E-state index contributed by atoms with van der Waals surface area (Å²) in [6.07, 6.45) is 1.93. The summed E-state index contributed by atoms with van der Waals surface area (Å²) in [7, 11) is 0. The molecular formula is C9H8BrNOS. The third-order valence-electron chi connectivity index (χ3n) is 2.01. The predicted octanol–water partition coefficient (Wildman–Crippen LogP) is 2.75. The summed E-state index contributed by atoms with van der Waals surface area (Å²) in [5.41, 5.74) is 1.72. The van der Waals surface area contributed by atoms with Crippen LogP contribution in [0, 0.1) is 0 Å². The molecule has 1 aromatic carbocycles. The van der Waals surface area contributed by atoms with Gasteiger partial charge in [0.25, 0.3) is 0 Å². The zero-order chi connectivity index (χ0) is 9.42. The monoisotopic (exact) mass is 257 g/mol. The molecule has 1 atom stereocenters. The minimum atomic E-state index is -0.107. The van der Waals surface area contributed by atoms with Crippen molar-refractivity contribution in [1.29, 1.82) is 0 Å². The number of thioether (sulfide) groups is 1. The van der Waals surface area contributed by atoms with Gasteiger partial charge in [0.15, 0.2) is 5.78 Å². The SMILES string of the molecule is CS[C@H]1Nc2cc(Br)ccc2C1=O. The van der Waals surface area contributed by atoms with Crippen LogP contribution in [0.2, 0.25) is 0 Å². The fourth-order valence-electron chi connectivity index (χ4n) is 1.36. The van der Waals surface area contributed by atoms with E-state index in [-0.39, 0.29) is 11.2 Å². The Morgan fingerprint density at radius 3 is 3.00 bits per heavy atom. The summed E-state index contributed by atoms with van der Waals surface area (Å²) in [6, 6.07) is 5.68. The number of ketones is 1. The van der Waals surface area contributed by atoms with Crippen LogP contribution in [0.3, 0.4) is 0 Å². The lowest BCUT2D eigenvalue weighted by molar-refractivity contribution is 0.100. The molecule has 1 aliphatic rings. The van der Waals surface area contributed by atoms with Gasteiger partial charge >= 0.3 is 0 Å². The molecule has 0 amide bonds. The van der Waals surface area contributed by atoms with Gasteiger partial charge in [0.2, 0.25) is 0 Å². The number of fused-ring (bicyclic) bond motifs is 1. The molecule has 0 unspecified atom stereocenters. The first-order valence-electron chi connectivity index (χ1n) is 3.85. The van der Waals surface area contributed by atoms with Crippen LogP contribution in [0.25, 0.3) is 0 Å². The normalized spacial score (nSPS) is 19.8. The number of halogens is 1. The van der Waals surface area contributed by atoms with Crippen molar-refractivity contribution in [3.63, 3.8) is 0 Å². The summed E-state index contributed by atoms with van der Waals surface area (Å²) in [4.78, 5) is 11.6. The van der Waals surface area contributed by atoms with E-state index >= 15 is 0 Å². The molecule has 0 saturated carbocycles. The average Bonchev–Trinajstić information content (AvgIpc) is 2.42. The number of benzene rings is 1. The first-order valence-corrected chi connectivity index (χ1v) is 5.93. The Balaban J connectivity index is 2.44. The van der Waals surface area contributed by atoms with Crippen molar-refractivity contribution in [1.82, 2.24) is 0 Å². The van der Waals surface area contributed by atoms with Crippen LogP contribution in [0.4, 0.5) is 5.69 Å². The first-order chi connectivity index (χ1) is 6.22. The quantitative estimate of drug-likeness (QED) is 0.839. The third kappa shape index (κ3) is 1.48. The maximum absolute atomic E-state index is 11.6. The molecule has 2 nitrogen and oxygen atoms in total. The molecule has 4 heteroatoms. The standard InChI is InChI=1S/C9H8BrNOS/c1-13-9-8(12)6-3-2-5(10)4-7(6)11-9/h2-4,9,11H,1H3/t9-/m1/s1. The first kappa shape index (κ1) is 9.09. The van der Waals surface area contributed by atoms with Gasteiger partial charge in [0, 0.05) is 15.7 Å². The Morgan fingerprint density at radius 2 is 2.31 bits per heavy atom. The highest BCUT2D eigenvalue weighted by atomic mass is 79.9. The Morgan fingerprint density at radius 1 is 1.54 bits per heavy atom. The van der Waals surface area contributed by atoms with Gasteiger partial charge in [-0.05, 0) is 24.5 Å². The van der Waals surface area contributed by atoms with Gasteiger partial charge in [-0.2, -0.15) is 0 Å². The van der Waals surface area contributed by atoms with E-state index in [4.69, 9.17) is 0 Å². The van der Waals surface area contributed by atoms with Crippen LogP contribution >= 0.6 is 27.7 Å². The maximum Gasteiger partial charge on any atom is 0.197 e. The van der Waals surface area contributed by atoms with E-state index in [1.165, 1.54) is 11.8 Å². The Kier molecular flexibility index (Phi) is 2.34. The van der Waals surface area contributed by atoms with E-state index in [2.05, 4.69) is 21.2 Å². The van der Waals surface area contributed by atoms with Gasteiger partial charge in [-0.1, -0.05) is 15.9 Å². The van der Waals surface area contributed by atoms with Gasteiger partial charge in [-0.25, -0.2) is 0 Å². The number of carbonyl (C=O) groups is 1. The molecule has 1 N–H and O–H groups in total. The summed E-state index contributed by atoms with van der Waals surface area (Å²) >= 11 is 4.90. The van der Waals surface area contributed by atoms with Crippen molar-refractivity contribution in [3.05, 3.63) is 28.2 Å². The lowest BCUT2D eigenvalue weighted by Gasteiger charge is -2.04. The van der Waals surface area contributed by atoms with Gasteiger partial charge in [-0.3, -0.25) is 4.79 Å². The van der Waals surface area contributed by atoms with Gasteiger partial charge in [0.05, 0.1) is 0 Å². The molecule has 0 aliphatic carbocycles. The minimum absolute atomic E-state index is 0.107. The molecular weight excluding hydrogens is 250 g/mol. The zero-order valence-electron chi connectivity index (χ0n) is 7.00. The Labute approximate surface area is 89.2 Å². The average molecular weight is 258 g/mol. The van der Waals surface area contributed by atoms with Crippen LogP contribution in [-0.2, 0) is 0 Å². The number of Topliss-reactive ketones (excluding diaryl/α,β-unsaturated/α-hetero) is 1. The summed E-state index contributed by atoms with van der Waals surface area (Å²) in [5, 5.41) is 3.05. The highest BCUT2D eigenvalue weighted by molar-refractivity contribution is 9.10. The number of anilines is 1. The van der Waals surface area contributed by atoms with E-state index in [1.54, 1.807) is 0 Å². The molecule has 1 aromatic rings. The fraction of sp³-hybridized carbons (Fsp3) is 0.222. The molecule has 2 rings (SSSR count). The smallest absolute Gasteiger partial charge is 0.197 e. The lowest BCUT2D eigenvalue weighted by Crippen LogP contribution is -2.16. The largest absolute Gasteiger partial charge is 0.366 e. The molecule has 68 valence electrons. The number of hydrogen-bond acceptors (Lipinski definition) is 3. The van der Waals surface area contributed by atoms with E-state index in [1.807, 2.05) is 24.5 Å². The third-order valence-corrected chi connectivity index (χ3v) is 3.30. The van der Waals surface area contributed by atoms with Gasteiger partial charge in [0.1, 0.15) is 5.37 Å². The minimum Gasteiger partial charge on any atom is -0.366 e. The molecule has 0 fully saturated rings. The summed E-state index contributed by atoms with van der Waals surface area (Å²) in [5.74, 6) is 0.176. The predicted molar refractivity (Wildman–Crippen MR) is 59.4 cm³/mol. The van der Waals surface area contributed by atoms with Crippen molar-refractivity contribution < 1.29 is 4.79 Å². The maximum atomic E-state index is 11.6. The number of rotatable bonds is 1. The number of carbonyl (C=O) groups excluding carboxylic acids is 1. The number of nitrogens with one attached hydrogen (secondary N) is 1. The van der Waals surface area contributed by atoms with E-state index in [0.717, 1.165) is 15.7 Å². The molecule has 0 bridgehead atoms. The van der Waals surface area contributed by atoms with Crippen molar-refractivity contribution in [3.8, 4) is 0 Å². The summed E-state index contributed by atoms with van der Waals surface area (Å²) < 4.78 is 0.994. The van der Waals surface area contributed by atoms with Crippen molar-refractivity contribution in [2.75, 3.05) is 11.6 Å². The van der Waals surface area contributed by atoms with Crippen LogP contribution in [0.1, 0.15) is 10.4 Å². The second-order valence-corrected chi connectivity index (χ2v) is 4.67. The van der Waals surface area contributed by atoms with Crippen LogP contribution in [0.15, 0.2) is 22.7 Å². The molecule has 0 spiro atoms. The van der Waals surface area contributed by atoms with Crippen molar-refractivity contribution in [2.45, 2.75) is 5.37 Å². The van der Waals surface area contributed by atoms with E-state index in [0.29, 0.717) is 0 Å². The highest BCUT2D eigenvalue weighted by Crippen LogP contribution is 2.31. The van der Waals surface area contributed by atoms with Crippen LogP contribution in [-0.4, -0.2) is 17.4 Å². The highest BCUT2D eigenvalue weighted by Gasteiger charge is 2.28. The molecule has 0 aromatic heterocycles. The fourth-order valence-corrected chi connectivity index (χ4v) is 2.31. The second-order valence-electron chi connectivity index (χ2n) is 2.81.